The zero-order valence-electron chi connectivity index (χ0n) is 29.3. The lowest BCUT2D eigenvalue weighted by Crippen LogP contribution is -2.33. The van der Waals surface area contributed by atoms with Crippen LogP contribution in [0.1, 0.15) is 22.9 Å². The number of hydrogen-bond donors (Lipinski definition) is 1. The number of nitrogens with zero attached hydrogens (tertiary/aromatic N) is 3. The minimum Gasteiger partial charge on any atom is -0.456 e. The Bertz CT molecular complexity index is 2840. The van der Waals surface area contributed by atoms with Crippen molar-refractivity contribution in [3.05, 3.63) is 211 Å². The van der Waals surface area contributed by atoms with Crippen molar-refractivity contribution in [2.75, 3.05) is 4.90 Å². The van der Waals surface area contributed by atoms with Gasteiger partial charge in [0.2, 0.25) is 0 Å². The van der Waals surface area contributed by atoms with Crippen LogP contribution < -0.4 is 10.2 Å². The van der Waals surface area contributed by atoms with Crippen molar-refractivity contribution in [2.45, 2.75) is 6.17 Å². The number of furan rings is 1. The summed E-state index contributed by atoms with van der Waals surface area (Å²) in [6.07, 6.45) is -0.328. The molecule has 1 aliphatic heterocycles. The van der Waals surface area contributed by atoms with Gasteiger partial charge in [-0.3, -0.25) is 0 Å². The van der Waals surface area contributed by atoms with Crippen molar-refractivity contribution < 1.29 is 4.42 Å². The van der Waals surface area contributed by atoms with Crippen LogP contribution in [0.25, 0.3) is 43.8 Å². The summed E-state index contributed by atoms with van der Waals surface area (Å²) in [5.41, 5.74) is 9.90. The molecule has 0 saturated heterocycles. The molecular formula is C49H34N4O. The third-order valence-electron chi connectivity index (χ3n) is 10.1. The Balaban J connectivity index is 1.21. The number of para-hydroxylation sites is 1. The summed E-state index contributed by atoms with van der Waals surface area (Å²) in [5, 5.41) is 8.11. The molecule has 0 fully saturated rings. The van der Waals surface area contributed by atoms with Gasteiger partial charge >= 0.3 is 0 Å². The SMILES string of the molecule is c1ccc(C2=NC(c3ccccc3)NC(c3cc(N(c4ccc(-c5ccccc5)cc4)c4ccc5ccccc5c4)c4c(c3)oc3ccccc34)=N2)cc1. The number of fused-ring (bicyclic) bond motifs is 4. The molecule has 10 rings (SSSR count). The van der Waals surface area contributed by atoms with Gasteiger partial charge in [-0.2, -0.15) is 0 Å². The molecular weight excluding hydrogens is 661 g/mol. The van der Waals surface area contributed by atoms with E-state index in [1.165, 1.54) is 10.9 Å². The fourth-order valence-corrected chi connectivity index (χ4v) is 7.44. The van der Waals surface area contributed by atoms with Crippen LogP contribution in [0.2, 0.25) is 0 Å². The Kier molecular flexibility index (Phi) is 7.81. The van der Waals surface area contributed by atoms with Gasteiger partial charge in [0.25, 0.3) is 0 Å². The van der Waals surface area contributed by atoms with Crippen LogP contribution in [0, 0.1) is 0 Å². The summed E-state index contributed by atoms with van der Waals surface area (Å²) in [5.74, 6) is 1.39. The van der Waals surface area contributed by atoms with E-state index in [-0.39, 0.29) is 6.17 Å². The molecule has 1 unspecified atom stereocenters. The predicted octanol–water partition coefficient (Wildman–Crippen LogP) is 12.4. The number of aliphatic imine (C=N–C) groups is 2. The van der Waals surface area contributed by atoms with E-state index in [1.54, 1.807) is 0 Å². The lowest BCUT2D eigenvalue weighted by molar-refractivity contribution is 0.666. The fraction of sp³-hybridized carbons (Fsp3) is 0.0204. The summed E-state index contributed by atoms with van der Waals surface area (Å²) in [6.45, 7) is 0. The third-order valence-corrected chi connectivity index (χ3v) is 10.1. The number of benzene rings is 8. The van der Waals surface area contributed by atoms with Crippen LogP contribution in [0.15, 0.2) is 209 Å². The van der Waals surface area contributed by atoms with Crippen molar-refractivity contribution in [3.63, 3.8) is 0 Å². The average molecular weight is 695 g/mol. The topological polar surface area (TPSA) is 53.1 Å². The molecule has 0 spiro atoms. The second-order valence-electron chi connectivity index (χ2n) is 13.5. The minimum atomic E-state index is -0.328. The van der Waals surface area contributed by atoms with Gasteiger partial charge in [-0.15, -0.1) is 0 Å². The second kappa shape index (κ2) is 13.4. The molecule has 0 radical (unpaired) electrons. The van der Waals surface area contributed by atoms with Gasteiger partial charge in [0.1, 0.15) is 23.2 Å². The van der Waals surface area contributed by atoms with E-state index >= 15 is 0 Å². The maximum atomic E-state index is 6.68. The highest BCUT2D eigenvalue weighted by Crippen LogP contribution is 2.45. The molecule has 8 aromatic carbocycles. The molecule has 54 heavy (non-hydrogen) atoms. The average Bonchev–Trinajstić information content (AvgIpc) is 3.63. The van der Waals surface area contributed by atoms with Crippen LogP contribution >= 0.6 is 0 Å². The van der Waals surface area contributed by atoms with E-state index in [4.69, 9.17) is 14.4 Å². The van der Waals surface area contributed by atoms with Gasteiger partial charge in [-0.05, 0) is 69.9 Å². The van der Waals surface area contributed by atoms with E-state index in [2.05, 4.69) is 156 Å². The third kappa shape index (κ3) is 5.78. The Labute approximate surface area is 313 Å². The highest BCUT2D eigenvalue weighted by Gasteiger charge is 2.26. The van der Waals surface area contributed by atoms with E-state index in [9.17, 15) is 0 Å². The molecule has 0 saturated carbocycles. The molecule has 5 heteroatoms. The fourth-order valence-electron chi connectivity index (χ4n) is 7.44. The Morgan fingerprint density at radius 2 is 1.11 bits per heavy atom. The summed E-state index contributed by atoms with van der Waals surface area (Å²) in [4.78, 5) is 12.6. The predicted molar refractivity (Wildman–Crippen MR) is 223 cm³/mol. The van der Waals surface area contributed by atoms with Gasteiger partial charge in [0.15, 0.2) is 5.84 Å². The van der Waals surface area contributed by atoms with Gasteiger partial charge in [0, 0.05) is 27.9 Å². The molecule has 0 aliphatic carbocycles. The first-order valence-electron chi connectivity index (χ1n) is 18.2. The zero-order valence-corrected chi connectivity index (χ0v) is 29.3. The first kappa shape index (κ1) is 31.5. The first-order chi connectivity index (χ1) is 26.7. The highest BCUT2D eigenvalue weighted by atomic mass is 16.3. The van der Waals surface area contributed by atoms with Gasteiger partial charge < -0.3 is 14.6 Å². The van der Waals surface area contributed by atoms with Gasteiger partial charge in [0.05, 0.1) is 11.1 Å². The van der Waals surface area contributed by atoms with Crippen LogP contribution in [0.5, 0.6) is 0 Å². The molecule has 5 nitrogen and oxygen atoms in total. The number of rotatable bonds is 7. The molecule has 256 valence electrons. The number of nitrogens with one attached hydrogen (secondary N) is 1. The van der Waals surface area contributed by atoms with Crippen LogP contribution in [0.4, 0.5) is 17.1 Å². The number of amidine groups is 2. The van der Waals surface area contributed by atoms with Crippen LogP contribution in [-0.4, -0.2) is 11.7 Å². The van der Waals surface area contributed by atoms with Crippen molar-refractivity contribution in [1.82, 2.24) is 5.32 Å². The van der Waals surface area contributed by atoms with Crippen LogP contribution in [-0.2, 0) is 0 Å². The Morgan fingerprint density at radius 1 is 0.481 bits per heavy atom. The van der Waals surface area contributed by atoms with E-state index in [1.807, 2.05) is 48.5 Å². The Hall–Kier alpha value is -7.24. The van der Waals surface area contributed by atoms with Crippen molar-refractivity contribution >= 4 is 61.4 Å². The van der Waals surface area contributed by atoms with Crippen molar-refractivity contribution in [1.29, 1.82) is 0 Å². The van der Waals surface area contributed by atoms with Gasteiger partial charge in [-0.1, -0.05) is 152 Å². The standard InChI is InChI=1S/C49H34N4O/c1-4-14-33(15-5-1)35-24-27-40(28-25-35)53(41-29-26-34-16-10-11-21-38(34)30-41)43-31-39(32-45-46(43)42-22-12-13-23-44(42)54-45)49-51-47(36-17-6-2-7-18-36)50-48(52-49)37-19-8-3-9-20-37/h1-32,47H,(H,50,51,52). The van der Waals surface area contributed by atoms with Crippen molar-refractivity contribution in [2.24, 2.45) is 9.98 Å². The molecule has 9 aromatic rings. The molecule has 1 aromatic heterocycles. The van der Waals surface area contributed by atoms with E-state index in [0.29, 0.717) is 5.84 Å². The first-order valence-corrected chi connectivity index (χ1v) is 18.2. The Morgan fingerprint density at radius 3 is 1.89 bits per heavy atom. The lowest BCUT2D eigenvalue weighted by Gasteiger charge is -2.28. The quantitative estimate of drug-likeness (QED) is 0.181. The number of hydrogen-bond acceptors (Lipinski definition) is 5. The largest absolute Gasteiger partial charge is 0.456 e. The van der Waals surface area contributed by atoms with Crippen LogP contribution in [0.3, 0.4) is 0 Å². The highest BCUT2D eigenvalue weighted by molar-refractivity contribution is 6.18. The summed E-state index contributed by atoms with van der Waals surface area (Å²) in [6, 6.07) is 67.6. The zero-order chi connectivity index (χ0) is 35.8. The molecule has 1 N–H and O–H groups in total. The molecule has 0 bridgehead atoms. The van der Waals surface area contributed by atoms with Crippen molar-refractivity contribution in [3.8, 4) is 11.1 Å². The monoisotopic (exact) mass is 694 g/mol. The maximum Gasteiger partial charge on any atom is 0.159 e. The second-order valence-corrected chi connectivity index (χ2v) is 13.5. The number of anilines is 3. The van der Waals surface area contributed by atoms with E-state index < -0.39 is 0 Å². The smallest absolute Gasteiger partial charge is 0.159 e. The summed E-state index contributed by atoms with van der Waals surface area (Å²) < 4.78 is 6.68. The lowest BCUT2D eigenvalue weighted by atomic mass is 10.0. The molecule has 1 atom stereocenters. The maximum absolute atomic E-state index is 6.68. The minimum absolute atomic E-state index is 0.328. The molecule has 0 amide bonds. The summed E-state index contributed by atoms with van der Waals surface area (Å²) >= 11 is 0. The van der Waals surface area contributed by atoms with E-state index in [0.717, 1.165) is 72.5 Å². The normalized spacial score (nSPS) is 14.1. The molecule has 1 aliphatic rings. The molecule has 2 heterocycles. The summed E-state index contributed by atoms with van der Waals surface area (Å²) in [7, 11) is 0. The van der Waals surface area contributed by atoms with Gasteiger partial charge in [-0.25, -0.2) is 9.98 Å².